The normalized spacial score (nSPS) is 18.7. The van der Waals surface area contributed by atoms with Crippen LogP contribution in [0.2, 0.25) is 0 Å². The number of rotatable bonds is 4. The van der Waals surface area contributed by atoms with Gasteiger partial charge in [0.25, 0.3) is 0 Å². The van der Waals surface area contributed by atoms with Gasteiger partial charge in [-0.3, -0.25) is 4.98 Å². The molecule has 2 heterocycles. The first-order valence-electron chi connectivity index (χ1n) is 6.70. The van der Waals surface area contributed by atoms with Crippen LogP contribution < -0.4 is 10.1 Å². The molecule has 0 radical (unpaired) electrons. The lowest BCUT2D eigenvalue weighted by Gasteiger charge is -2.16. The van der Waals surface area contributed by atoms with Crippen LogP contribution in [0.4, 0.5) is 0 Å². The zero-order chi connectivity index (χ0) is 13.1. The molecule has 1 aliphatic heterocycles. The average Bonchev–Trinajstić information content (AvgIpc) is 2.89. The Morgan fingerprint density at radius 2 is 2.11 bits per heavy atom. The molecular weight excluding hydrogens is 236 g/mol. The average molecular weight is 254 g/mol. The molecule has 3 nitrogen and oxygen atoms in total. The molecule has 2 atom stereocenters. The quantitative estimate of drug-likeness (QED) is 0.911. The van der Waals surface area contributed by atoms with Gasteiger partial charge in [-0.2, -0.15) is 0 Å². The van der Waals surface area contributed by atoms with Gasteiger partial charge < -0.3 is 10.1 Å². The number of ether oxygens (including phenoxy) is 1. The number of benzene rings is 1. The minimum atomic E-state index is 0.258. The highest BCUT2D eigenvalue weighted by Gasteiger charge is 2.23. The van der Waals surface area contributed by atoms with Gasteiger partial charge in [0, 0.05) is 30.3 Å². The van der Waals surface area contributed by atoms with Crippen molar-refractivity contribution in [2.75, 3.05) is 13.2 Å². The molecule has 1 aromatic heterocycles. The summed E-state index contributed by atoms with van der Waals surface area (Å²) in [5, 5.41) is 3.54. The van der Waals surface area contributed by atoms with Crippen LogP contribution in [0.25, 0.3) is 0 Å². The molecule has 0 bridgehead atoms. The monoisotopic (exact) mass is 254 g/mol. The number of nitrogens with one attached hydrogen (secondary N) is 1. The second-order valence-electron chi connectivity index (χ2n) is 4.93. The lowest BCUT2D eigenvalue weighted by Crippen LogP contribution is -2.26. The molecule has 0 spiro atoms. The summed E-state index contributed by atoms with van der Waals surface area (Å²) in [6, 6.07) is 14.6. The number of aromatic nitrogens is 1. The maximum absolute atomic E-state index is 5.69. The van der Waals surface area contributed by atoms with Crippen LogP contribution >= 0.6 is 0 Å². The number of nitrogens with zero attached hydrogens (tertiary/aromatic N) is 1. The van der Waals surface area contributed by atoms with Crippen LogP contribution in [-0.4, -0.2) is 18.1 Å². The van der Waals surface area contributed by atoms with Crippen LogP contribution in [0.5, 0.6) is 5.75 Å². The van der Waals surface area contributed by atoms with E-state index < -0.39 is 0 Å². The largest absolute Gasteiger partial charge is 0.493 e. The van der Waals surface area contributed by atoms with Gasteiger partial charge in [0.2, 0.25) is 0 Å². The fourth-order valence-electron chi connectivity index (χ4n) is 2.45. The van der Waals surface area contributed by atoms with Gasteiger partial charge in [-0.1, -0.05) is 24.3 Å². The third-order valence-electron chi connectivity index (χ3n) is 3.60. The van der Waals surface area contributed by atoms with Crippen LogP contribution in [0.15, 0.2) is 48.7 Å². The van der Waals surface area contributed by atoms with Crippen molar-refractivity contribution in [1.82, 2.24) is 10.3 Å². The van der Waals surface area contributed by atoms with Gasteiger partial charge in [-0.05, 0) is 25.1 Å². The summed E-state index contributed by atoms with van der Waals surface area (Å²) in [7, 11) is 0. The van der Waals surface area contributed by atoms with Gasteiger partial charge in [0.05, 0.1) is 12.3 Å². The second-order valence-corrected chi connectivity index (χ2v) is 4.93. The molecule has 0 aliphatic carbocycles. The molecule has 1 unspecified atom stereocenters. The lowest BCUT2D eigenvalue weighted by molar-refractivity contribution is 0.323. The van der Waals surface area contributed by atoms with E-state index in [0.29, 0.717) is 5.92 Å². The summed E-state index contributed by atoms with van der Waals surface area (Å²) in [5.74, 6) is 1.46. The van der Waals surface area contributed by atoms with Crippen molar-refractivity contribution >= 4 is 0 Å². The lowest BCUT2D eigenvalue weighted by atomic mass is 10.0. The van der Waals surface area contributed by atoms with Crippen molar-refractivity contribution < 1.29 is 4.74 Å². The smallest absolute Gasteiger partial charge is 0.122 e. The molecule has 1 aromatic carbocycles. The molecule has 0 saturated carbocycles. The summed E-state index contributed by atoms with van der Waals surface area (Å²) in [6.07, 6.45) is 1.83. The highest BCUT2D eigenvalue weighted by atomic mass is 16.5. The summed E-state index contributed by atoms with van der Waals surface area (Å²) in [4.78, 5) is 4.37. The minimum absolute atomic E-state index is 0.258. The van der Waals surface area contributed by atoms with Crippen molar-refractivity contribution in [2.24, 2.45) is 0 Å². The number of pyridine rings is 1. The van der Waals surface area contributed by atoms with Gasteiger partial charge in [0.15, 0.2) is 0 Å². The van der Waals surface area contributed by atoms with E-state index in [0.717, 1.165) is 24.6 Å². The van der Waals surface area contributed by atoms with E-state index in [1.807, 2.05) is 30.5 Å². The van der Waals surface area contributed by atoms with Crippen LogP contribution in [0.3, 0.4) is 0 Å². The highest BCUT2D eigenvalue weighted by Crippen LogP contribution is 2.33. The second kappa shape index (κ2) is 5.41. The van der Waals surface area contributed by atoms with E-state index in [4.69, 9.17) is 4.74 Å². The summed E-state index contributed by atoms with van der Waals surface area (Å²) in [5.41, 5.74) is 2.39. The molecule has 1 aliphatic rings. The minimum Gasteiger partial charge on any atom is -0.493 e. The first kappa shape index (κ1) is 12.2. The third kappa shape index (κ3) is 2.61. The summed E-state index contributed by atoms with van der Waals surface area (Å²) >= 11 is 0. The van der Waals surface area contributed by atoms with Crippen LogP contribution in [-0.2, 0) is 0 Å². The van der Waals surface area contributed by atoms with E-state index >= 15 is 0 Å². The number of fused-ring (bicyclic) bond motifs is 1. The van der Waals surface area contributed by atoms with Gasteiger partial charge in [-0.15, -0.1) is 0 Å². The molecule has 0 amide bonds. The Morgan fingerprint density at radius 3 is 2.95 bits per heavy atom. The van der Waals surface area contributed by atoms with Crippen LogP contribution in [0.1, 0.15) is 30.1 Å². The molecule has 3 rings (SSSR count). The standard InChI is InChI=1S/C16H18N2O/c1-12(15-7-4-5-9-17-15)18-10-13-11-19-16-8-3-2-6-14(13)16/h2-9,12-13,18H,10-11H2,1H3/t12-,13?/m1/s1. The zero-order valence-electron chi connectivity index (χ0n) is 11.0. The Bertz CT molecular complexity index is 541. The molecule has 19 heavy (non-hydrogen) atoms. The fourth-order valence-corrected chi connectivity index (χ4v) is 2.45. The zero-order valence-corrected chi connectivity index (χ0v) is 11.0. The van der Waals surface area contributed by atoms with Crippen molar-refractivity contribution in [1.29, 1.82) is 0 Å². The molecule has 0 fully saturated rings. The van der Waals surface area contributed by atoms with Gasteiger partial charge >= 0.3 is 0 Å². The predicted molar refractivity (Wildman–Crippen MR) is 75.3 cm³/mol. The Morgan fingerprint density at radius 1 is 1.26 bits per heavy atom. The maximum atomic E-state index is 5.69. The molecule has 3 heteroatoms. The summed E-state index contributed by atoms with van der Waals surface area (Å²) < 4.78 is 5.69. The molecule has 2 aromatic rings. The topological polar surface area (TPSA) is 34.1 Å². The number of hydrogen-bond acceptors (Lipinski definition) is 3. The van der Waals surface area contributed by atoms with E-state index in [9.17, 15) is 0 Å². The predicted octanol–water partition coefficient (Wildman–Crippen LogP) is 2.91. The third-order valence-corrected chi connectivity index (χ3v) is 3.60. The Kier molecular flexibility index (Phi) is 3.47. The number of para-hydroxylation sites is 1. The highest BCUT2D eigenvalue weighted by molar-refractivity contribution is 5.39. The van der Waals surface area contributed by atoms with Crippen molar-refractivity contribution in [3.63, 3.8) is 0 Å². The van der Waals surface area contributed by atoms with Gasteiger partial charge in [0.1, 0.15) is 5.75 Å². The van der Waals surface area contributed by atoms with E-state index in [1.54, 1.807) is 0 Å². The fraction of sp³-hybridized carbons (Fsp3) is 0.312. The van der Waals surface area contributed by atoms with Gasteiger partial charge in [-0.25, -0.2) is 0 Å². The molecule has 0 saturated heterocycles. The maximum Gasteiger partial charge on any atom is 0.122 e. The summed E-state index contributed by atoms with van der Waals surface area (Å²) in [6.45, 7) is 3.82. The first-order valence-corrected chi connectivity index (χ1v) is 6.70. The number of hydrogen-bond donors (Lipinski definition) is 1. The van der Waals surface area contributed by atoms with E-state index in [1.165, 1.54) is 5.56 Å². The molecule has 1 N–H and O–H groups in total. The van der Waals surface area contributed by atoms with Crippen LogP contribution in [0, 0.1) is 0 Å². The SMILES string of the molecule is C[C@@H](NCC1COc2ccccc21)c1ccccn1. The Labute approximate surface area is 113 Å². The van der Waals surface area contributed by atoms with E-state index in [2.05, 4.69) is 35.4 Å². The molecular formula is C16H18N2O. The van der Waals surface area contributed by atoms with Crippen molar-refractivity contribution in [2.45, 2.75) is 18.9 Å². The molecule has 98 valence electrons. The first-order chi connectivity index (χ1) is 9.34. The van der Waals surface area contributed by atoms with E-state index in [-0.39, 0.29) is 6.04 Å². The Balaban J connectivity index is 1.62. The Hall–Kier alpha value is -1.87. The van der Waals surface area contributed by atoms with Crippen molar-refractivity contribution in [3.05, 3.63) is 59.9 Å². The van der Waals surface area contributed by atoms with Crippen molar-refractivity contribution in [3.8, 4) is 5.75 Å².